The number of aliphatic hydroxyl groups is 1. The van der Waals surface area contributed by atoms with Crippen LogP contribution in [0.4, 0.5) is 0 Å². The van der Waals surface area contributed by atoms with E-state index < -0.39 is 0 Å². The summed E-state index contributed by atoms with van der Waals surface area (Å²) in [6, 6.07) is 16.3. The zero-order chi connectivity index (χ0) is 27.3. The van der Waals surface area contributed by atoms with Crippen molar-refractivity contribution < 1.29 is 14.7 Å². The number of rotatable bonds is 21. The van der Waals surface area contributed by atoms with Crippen molar-refractivity contribution in [3.05, 3.63) is 83.4 Å². The minimum atomic E-state index is -0.318. The third-order valence-corrected chi connectivity index (χ3v) is 6.99. The lowest BCUT2D eigenvalue weighted by Gasteiger charge is -2.16. The molecule has 0 spiro atoms. The predicted molar refractivity (Wildman–Crippen MR) is 158 cm³/mol. The highest BCUT2D eigenvalue weighted by molar-refractivity contribution is 6.08. The number of aliphatic hydroxyl groups excluding tert-OH is 1. The molecule has 0 aromatic heterocycles. The van der Waals surface area contributed by atoms with Crippen molar-refractivity contribution in [3.8, 4) is 0 Å². The summed E-state index contributed by atoms with van der Waals surface area (Å²) in [6.45, 7) is 2.15. The number of hydrogen-bond donors (Lipinski definition) is 2. The van der Waals surface area contributed by atoms with Crippen LogP contribution in [0.15, 0.2) is 66.7 Å². The molecule has 2 rings (SSSR count). The van der Waals surface area contributed by atoms with Crippen LogP contribution in [0.5, 0.6) is 0 Å². The molecule has 2 aromatic rings. The van der Waals surface area contributed by atoms with Crippen LogP contribution < -0.4 is 5.32 Å². The third-order valence-electron chi connectivity index (χ3n) is 6.99. The number of carbonyl (C=O) groups is 2. The first kappa shape index (κ1) is 31.5. The summed E-state index contributed by atoms with van der Waals surface area (Å²) in [5.41, 5.74) is 2.28. The molecule has 0 saturated carbocycles. The molecular formula is C34H49NO3. The standard InChI is InChI=1S/C34H49NO3/c1-2-3-4-5-6-7-8-9-10-11-12-13-14-15-19-22-33(37)35-32(28-36)27-29-23-25-31(26-24-29)34(38)30-20-17-16-18-21-30/h9-10,16-18,20-21,23-26,32,36H,2-8,11-15,19,22,27-28H2,1H3,(H,35,37)/b10-9-/t32-/m0/s1. The molecule has 0 saturated heterocycles. The number of hydrogen-bond acceptors (Lipinski definition) is 3. The monoisotopic (exact) mass is 519 g/mol. The second-order valence-corrected chi connectivity index (χ2v) is 10.4. The molecule has 38 heavy (non-hydrogen) atoms. The second-order valence-electron chi connectivity index (χ2n) is 10.4. The summed E-state index contributed by atoms with van der Waals surface area (Å²) in [5.74, 6) is -0.0123. The van der Waals surface area contributed by atoms with Crippen LogP contribution in [0.2, 0.25) is 0 Å². The first-order chi connectivity index (χ1) is 18.6. The minimum Gasteiger partial charge on any atom is -0.394 e. The number of ketones is 1. The fraction of sp³-hybridized carbons (Fsp3) is 0.529. The van der Waals surface area contributed by atoms with Crippen molar-refractivity contribution in [2.75, 3.05) is 6.61 Å². The zero-order valence-corrected chi connectivity index (χ0v) is 23.5. The van der Waals surface area contributed by atoms with Gasteiger partial charge in [0, 0.05) is 17.5 Å². The topological polar surface area (TPSA) is 66.4 Å². The van der Waals surface area contributed by atoms with E-state index in [2.05, 4.69) is 24.4 Å². The number of allylic oxidation sites excluding steroid dienone is 2. The summed E-state index contributed by atoms with van der Waals surface area (Å²) in [5, 5.41) is 12.7. The number of nitrogens with one attached hydrogen (secondary N) is 1. The van der Waals surface area contributed by atoms with Gasteiger partial charge in [-0.2, -0.15) is 0 Å². The highest BCUT2D eigenvalue weighted by Gasteiger charge is 2.13. The van der Waals surface area contributed by atoms with E-state index in [9.17, 15) is 14.7 Å². The van der Waals surface area contributed by atoms with Gasteiger partial charge in [0.15, 0.2) is 5.78 Å². The van der Waals surface area contributed by atoms with E-state index in [1.807, 2.05) is 54.6 Å². The second kappa shape index (κ2) is 20.3. The highest BCUT2D eigenvalue weighted by atomic mass is 16.3. The molecule has 0 heterocycles. The Labute approximate surface area is 230 Å². The maximum Gasteiger partial charge on any atom is 0.220 e. The lowest BCUT2D eigenvalue weighted by molar-refractivity contribution is -0.122. The highest BCUT2D eigenvalue weighted by Crippen LogP contribution is 2.13. The van der Waals surface area contributed by atoms with Gasteiger partial charge in [0.25, 0.3) is 0 Å². The molecule has 0 aliphatic heterocycles. The molecule has 1 amide bonds. The molecular weight excluding hydrogens is 470 g/mol. The quantitative estimate of drug-likeness (QED) is 0.0998. The van der Waals surface area contributed by atoms with E-state index in [0.717, 1.165) is 31.2 Å². The Morgan fingerprint density at radius 1 is 0.737 bits per heavy atom. The molecule has 0 radical (unpaired) electrons. The average Bonchev–Trinajstić information content (AvgIpc) is 2.95. The Morgan fingerprint density at radius 3 is 1.89 bits per heavy atom. The molecule has 0 unspecified atom stereocenters. The summed E-state index contributed by atoms with van der Waals surface area (Å²) in [6.07, 6.45) is 21.8. The molecule has 0 aliphatic rings. The number of unbranched alkanes of at least 4 members (excludes halogenated alkanes) is 11. The first-order valence-corrected chi connectivity index (χ1v) is 14.9. The van der Waals surface area contributed by atoms with Crippen LogP contribution in [0, 0.1) is 0 Å². The minimum absolute atomic E-state index is 0.00227. The molecule has 208 valence electrons. The molecule has 0 fully saturated rings. The summed E-state index contributed by atoms with van der Waals surface area (Å²) in [7, 11) is 0. The Hall–Kier alpha value is -2.72. The normalized spacial score (nSPS) is 12.1. The fourth-order valence-corrected chi connectivity index (χ4v) is 4.65. The van der Waals surface area contributed by atoms with Gasteiger partial charge in [-0.1, -0.05) is 125 Å². The van der Waals surface area contributed by atoms with Gasteiger partial charge < -0.3 is 10.4 Å². The van der Waals surface area contributed by atoms with Crippen LogP contribution in [-0.4, -0.2) is 29.4 Å². The largest absolute Gasteiger partial charge is 0.394 e. The van der Waals surface area contributed by atoms with Crippen molar-refractivity contribution in [1.82, 2.24) is 5.32 Å². The van der Waals surface area contributed by atoms with E-state index in [1.54, 1.807) is 0 Å². The van der Waals surface area contributed by atoms with E-state index in [0.29, 0.717) is 24.0 Å². The Balaban J connectivity index is 1.53. The maximum absolute atomic E-state index is 12.6. The maximum atomic E-state index is 12.6. The molecule has 0 bridgehead atoms. The fourth-order valence-electron chi connectivity index (χ4n) is 4.65. The lowest BCUT2D eigenvalue weighted by Crippen LogP contribution is -2.39. The predicted octanol–water partition coefficient (Wildman–Crippen LogP) is 7.97. The van der Waals surface area contributed by atoms with E-state index in [1.165, 1.54) is 57.8 Å². The number of carbonyl (C=O) groups excluding carboxylic acids is 2. The molecule has 2 N–H and O–H groups in total. The lowest BCUT2D eigenvalue weighted by atomic mass is 9.99. The summed E-state index contributed by atoms with van der Waals surface area (Å²) < 4.78 is 0. The van der Waals surface area contributed by atoms with Gasteiger partial charge in [0.05, 0.1) is 12.6 Å². The molecule has 2 aromatic carbocycles. The number of benzene rings is 2. The van der Waals surface area contributed by atoms with Gasteiger partial charge in [-0.3, -0.25) is 9.59 Å². The van der Waals surface area contributed by atoms with Gasteiger partial charge in [0.2, 0.25) is 5.91 Å². The molecule has 0 aliphatic carbocycles. The SMILES string of the molecule is CCCCCCCC/C=C\CCCCCCCC(=O)N[C@H](CO)Cc1ccc(C(=O)c2ccccc2)cc1. The van der Waals surface area contributed by atoms with Crippen LogP contribution >= 0.6 is 0 Å². The zero-order valence-electron chi connectivity index (χ0n) is 23.5. The van der Waals surface area contributed by atoms with Crippen LogP contribution in [0.25, 0.3) is 0 Å². The van der Waals surface area contributed by atoms with Gasteiger partial charge in [-0.15, -0.1) is 0 Å². The van der Waals surface area contributed by atoms with Gasteiger partial charge in [-0.25, -0.2) is 0 Å². The smallest absolute Gasteiger partial charge is 0.220 e. The van der Waals surface area contributed by atoms with E-state index >= 15 is 0 Å². The van der Waals surface area contributed by atoms with Crippen molar-refractivity contribution >= 4 is 11.7 Å². The van der Waals surface area contributed by atoms with Crippen LogP contribution in [0.1, 0.15) is 118 Å². The van der Waals surface area contributed by atoms with Crippen LogP contribution in [0.3, 0.4) is 0 Å². The molecule has 4 heteroatoms. The van der Waals surface area contributed by atoms with Gasteiger partial charge in [-0.05, 0) is 44.1 Å². The number of amides is 1. The van der Waals surface area contributed by atoms with Crippen molar-refractivity contribution in [1.29, 1.82) is 0 Å². The summed E-state index contributed by atoms with van der Waals surface area (Å²) >= 11 is 0. The van der Waals surface area contributed by atoms with Crippen molar-refractivity contribution in [2.45, 2.75) is 109 Å². The average molecular weight is 520 g/mol. The van der Waals surface area contributed by atoms with Gasteiger partial charge in [0.1, 0.15) is 0 Å². The molecule has 4 nitrogen and oxygen atoms in total. The van der Waals surface area contributed by atoms with Crippen molar-refractivity contribution in [2.24, 2.45) is 0 Å². The van der Waals surface area contributed by atoms with E-state index in [4.69, 9.17) is 0 Å². The van der Waals surface area contributed by atoms with E-state index in [-0.39, 0.29) is 24.3 Å². The first-order valence-electron chi connectivity index (χ1n) is 14.9. The van der Waals surface area contributed by atoms with Gasteiger partial charge >= 0.3 is 0 Å². The Kier molecular flexibility index (Phi) is 16.8. The summed E-state index contributed by atoms with van der Waals surface area (Å²) in [4.78, 5) is 24.9. The Morgan fingerprint density at radius 2 is 1.29 bits per heavy atom. The Bertz CT molecular complexity index is 921. The third kappa shape index (κ3) is 13.7. The van der Waals surface area contributed by atoms with Crippen molar-refractivity contribution in [3.63, 3.8) is 0 Å². The van der Waals surface area contributed by atoms with Crippen LogP contribution in [-0.2, 0) is 11.2 Å². The molecule has 1 atom stereocenters.